The molecule has 0 fully saturated rings. The molecule has 6 nitrogen and oxygen atoms in total. The molecule has 1 aromatic carbocycles. The molecule has 0 aliphatic heterocycles. The zero-order valence-electron chi connectivity index (χ0n) is 15.0. The van der Waals surface area contributed by atoms with Crippen molar-refractivity contribution < 1.29 is 17.9 Å². The Morgan fingerprint density at radius 2 is 2.04 bits per heavy atom. The van der Waals surface area contributed by atoms with Gasteiger partial charge in [0.2, 0.25) is 10.0 Å². The summed E-state index contributed by atoms with van der Waals surface area (Å²) in [6, 6.07) is 4.09. The maximum atomic E-state index is 12.4. The maximum Gasteiger partial charge on any atom is 0.253 e. The van der Waals surface area contributed by atoms with E-state index in [1.807, 2.05) is 6.92 Å². The van der Waals surface area contributed by atoms with Gasteiger partial charge in [0.15, 0.2) is 0 Å². The summed E-state index contributed by atoms with van der Waals surface area (Å²) in [4.78, 5) is 12.4. The number of halogens is 1. The van der Waals surface area contributed by atoms with E-state index in [-0.39, 0.29) is 40.6 Å². The number of carbonyl (C=O) groups is 1. The third kappa shape index (κ3) is 7.32. The van der Waals surface area contributed by atoms with Crippen molar-refractivity contribution >= 4 is 27.5 Å². The summed E-state index contributed by atoms with van der Waals surface area (Å²) in [5, 5.41) is 3.09. The molecule has 0 saturated carbocycles. The predicted octanol–water partition coefficient (Wildman–Crippen LogP) is 2.96. The van der Waals surface area contributed by atoms with Gasteiger partial charge in [-0.2, -0.15) is 0 Å². The van der Waals surface area contributed by atoms with Crippen molar-refractivity contribution in [3.8, 4) is 0 Å². The molecule has 0 spiro atoms. The minimum Gasteiger partial charge on any atom is -0.383 e. The highest BCUT2D eigenvalue weighted by molar-refractivity contribution is 7.89. The molecule has 0 saturated heterocycles. The number of benzene rings is 1. The van der Waals surface area contributed by atoms with E-state index in [1.54, 1.807) is 0 Å². The molecule has 25 heavy (non-hydrogen) atoms. The van der Waals surface area contributed by atoms with Crippen LogP contribution in [0.15, 0.2) is 23.1 Å². The largest absolute Gasteiger partial charge is 0.383 e. The number of unbranched alkanes of at least 4 members (excludes halogenated alkanes) is 2. The molecule has 1 aromatic rings. The third-order valence-electron chi connectivity index (χ3n) is 3.71. The van der Waals surface area contributed by atoms with Crippen molar-refractivity contribution in [2.45, 2.75) is 50.5 Å². The second kappa shape index (κ2) is 10.8. The van der Waals surface area contributed by atoms with Crippen LogP contribution in [0, 0.1) is 0 Å². The Kier molecular flexibility index (Phi) is 9.42. The molecular weight excluding hydrogens is 364 g/mol. The number of methoxy groups -OCH3 is 1. The summed E-state index contributed by atoms with van der Waals surface area (Å²) in [5.74, 6) is -0.372. The van der Waals surface area contributed by atoms with E-state index in [9.17, 15) is 13.2 Å². The molecule has 1 amide bonds. The van der Waals surface area contributed by atoms with Crippen LogP contribution in [0.3, 0.4) is 0 Å². The van der Waals surface area contributed by atoms with Gasteiger partial charge in [0, 0.05) is 19.7 Å². The number of sulfonamides is 1. The molecule has 142 valence electrons. The van der Waals surface area contributed by atoms with Crippen LogP contribution in [0.4, 0.5) is 0 Å². The molecule has 1 atom stereocenters. The van der Waals surface area contributed by atoms with Crippen LogP contribution in [0.2, 0.25) is 5.02 Å². The van der Waals surface area contributed by atoms with Crippen LogP contribution >= 0.6 is 11.6 Å². The number of nitrogens with one attached hydrogen (secondary N) is 2. The second-order valence-electron chi connectivity index (χ2n) is 5.90. The van der Waals surface area contributed by atoms with Crippen LogP contribution in [0.25, 0.3) is 0 Å². The lowest BCUT2D eigenvalue weighted by Crippen LogP contribution is -2.33. The van der Waals surface area contributed by atoms with Crippen LogP contribution in [0.1, 0.15) is 49.9 Å². The number of rotatable bonds is 11. The van der Waals surface area contributed by atoms with Gasteiger partial charge in [-0.25, -0.2) is 13.1 Å². The number of hydrogen-bond donors (Lipinski definition) is 2. The van der Waals surface area contributed by atoms with Gasteiger partial charge in [0.25, 0.3) is 5.91 Å². The Morgan fingerprint density at radius 3 is 2.68 bits per heavy atom. The second-order valence-corrected chi connectivity index (χ2v) is 8.08. The fraction of sp³-hybridized carbons (Fsp3) is 0.588. The summed E-state index contributed by atoms with van der Waals surface area (Å²) in [7, 11) is -2.23. The van der Waals surface area contributed by atoms with E-state index >= 15 is 0 Å². The lowest BCUT2D eigenvalue weighted by molar-refractivity contribution is 0.0938. The number of amides is 1. The molecule has 2 N–H and O–H groups in total. The molecule has 0 heterocycles. The number of hydrogen-bond acceptors (Lipinski definition) is 4. The van der Waals surface area contributed by atoms with E-state index < -0.39 is 10.0 Å². The van der Waals surface area contributed by atoms with Gasteiger partial charge in [-0.3, -0.25) is 4.79 Å². The smallest absolute Gasteiger partial charge is 0.253 e. The average Bonchev–Trinajstić information content (AvgIpc) is 2.55. The Labute approximate surface area is 155 Å². The summed E-state index contributed by atoms with van der Waals surface area (Å²) in [6.07, 6.45) is 4.13. The average molecular weight is 391 g/mol. The Morgan fingerprint density at radius 1 is 1.32 bits per heavy atom. The predicted molar refractivity (Wildman–Crippen MR) is 99.6 cm³/mol. The van der Waals surface area contributed by atoms with Gasteiger partial charge in [-0.05, 0) is 31.5 Å². The molecule has 0 aromatic heterocycles. The van der Waals surface area contributed by atoms with Crippen molar-refractivity contribution in [2.24, 2.45) is 0 Å². The first-order chi connectivity index (χ1) is 11.8. The van der Waals surface area contributed by atoms with Gasteiger partial charge >= 0.3 is 0 Å². The van der Waals surface area contributed by atoms with E-state index in [4.69, 9.17) is 16.3 Å². The lowest BCUT2D eigenvalue weighted by atomic mass is 10.1. The minimum absolute atomic E-state index is 0.00297. The molecule has 0 radical (unpaired) electrons. The first kappa shape index (κ1) is 21.9. The van der Waals surface area contributed by atoms with Crippen molar-refractivity contribution in [3.05, 3.63) is 28.8 Å². The fourth-order valence-corrected chi connectivity index (χ4v) is 3.52. The quantitative estimate of drug-likeness (QED) is 0.569. The number of carbonyl (C=O) groups excluding carboxylic acids is 1. The van der Waals surface area contributed by atoms with Crippen LogP contribution in [-0.2, 0) is 14.8 Å². The molecule has 8 heteroatoms. The molecule has 1 rings (SSSR count). The van der Waals surface area contributed by atoms with E-state index in [1.165, 1.54) is 25.3 Å². The van der Waals surface area contributed by atoms with Crippen molar-refractivity contribution in [1.29, 1.82) is 0 Å². The monoisotopic (exact) mass is 390 g/mol. The molecule has 0 aliphatic rings. The maximum absolute atomic E-state index is 12.4. The van der Waals surface area contributed by atoms with Gasteiger partial charge in [-0.15, -0.1) is 0 Å². The highest BCUT2D eigenvalue weighted by Gasteiger charge is 2.19. The normalized spacial score (nSPS) is 12.8. The molecule has 0 unspecified atom stereocenters. The number of ether oxygens (including phenoxy) is 1. The summed E-state index contributed by atoms with van der Waals surface area (Å²) in [6.45, 7) is 4.46. The van der Waals surface area contributed by atoms with Crippen molar-refractivity contribution in [2.75, 3.05) is 20.3 Å². The van der Waals surface area contributed by atoms with Crippen LogP contribution in [-0.4, -0.2) is 40.6 Å². The van der Waals surface area contributed by atoms with Crippen LogP contribution < -0.4 is 10.0 Å². The topological polar surface area (TPSA) is 84.5 Å². The van der Waals surface area contributed by atoms with Crippen molar-refractivity contribution in [1.82, 2.24) is 10.0 Å². The summed E-state index contributed by atoms with van der Waals surface area (Å²) < 4.78 is 31.7. The lowest BCUT2D eigenvalue weighted by Gasteiger charge is -2.15. The summed E-state index contributed by atoms with van der Waals surface area (Å²) >= 11 is 6.08. The first-order valence-corrected chi connectivity index (χ1v) is 10.3. The molecule has 0 bridgehead atoms. The van der Waals surface area contributed by atoms with Gasteiger partial charge < -0.3 is 10.1 Å². The highest BCUT2D eigenvalue weighted by Crippen LogP contribution is 2.21. The van der Waals surface area contributed by atoms with E-state index in [0.717, 1.165) is 25.7 Å². The Balaban J connectivity index is 2.84. The zero-order valence-corrected chi connectivity index (χ0v) is 16.5. The first-order valence-electron chi connectivity index (χ1n) is 8.40. The Bertz CT molecular complexity index is 665. The molecular formula is C17H27ClN2O4S. The van der Waals surface area contributed by atoms with Crippen LogP contribution in [0.5, 0.6) is 0 Å². The van der Waals surface area contributed by atoms with E-state index in [2.05, 4.69) is 17.0 Å². The standard InChI is InChI=1S/C17H27ClN2O4S/c1-4-5-6-7-13(2)20-17(21)15-12-14(8-9-16(15)18)25(22,23)19-10-11-24-3/h8-9,12-13,19H,4-7,10-11H2,1-3H3,(H,20,21)/t13-/m1/s1. The van der Waals surface area contributed by atoms with E-state index in [0.29, 0.717) is 0 Å². The van der Waals surface area contributed by atoms with Gasteiger partial charge in [0.05, 0.1) is 22.1 Å². The molecule has 0 aliphatic carbocycles. The SMILES string of the molecule is CCCCC[C@@H](C)NC(=O)c1cc(S(=O)(=O)NCCOC)ccc1Cl. The third-order valence-corrected chi connectivity index (χ3v) is 5.50. The minimum atomic E-state index is -3.72. The Hall–Kier alpha value is -1.15. The summed E-state index contributed by atoms with van der Waals surface area (Å²) in [5.41, 5.74) is 0.152. The van der Waals surface area contributed by atoms with Gasteiger partial charge in [0.1, 0.15) is 0 Å². The fourth-order valence-electron chi connectivity index (χ4n) is 2.28. The van der Waals surface area contributed by atoms with Gasteiger partial charge in [-0.1, -0.05) is 37.8 Å². The van der Waals surface area contributed by atoms with Crippen molar-refractivity contribution in [3.63, 3.8) is 0 Å². The zero-order chi connectivity index (χ0) is 18.9. The highest BCUT2D eigenvalue weighted by atomic mass is 35.5.